The Balaban J connectivity index is 2.50. The van der Waals surface area contributed by atoms with Crippen LogP contribution in [0.2, 0.25) is 0 Å². The molecular weight excluding hydrogens is 208 g/mol. The Morgan fingerprint density at radius 2 is 2.00 bits per heavy atom. The molecule has 0 fully saturated rings. The van der Waals surface area contributed by atoms with E-state index < -0.39 is 5.60 Å². The first kappa shape index (κ1) is 12.4. The van der Waals surface area contributed by atoms with Crippen LogP contribution in [-0.4, -0.2) is 23.6 Å². The molecule has 0 saturated carbocycles. The largest absolute Gasteiger partial charge is 0.496 e. The number of para-hydroxylation sites is 1. The molecule has 15 heavy (non-hydrogen) atoms. The Morgan fingerprint density at radius 1 is 1.33 bits per heavy atom. The van der Waals surface area contributed by atoms with Gasteiger partial charge in [-0.25, -0.2) is 0 Å². The normalized spacial score (nSPS) is 11.5. The molecule has 1 rings (SSSR count). The smallest absolute Gasteiger partial charge is 0.132 e. The molecule has 0 saturated heterocycles. The second-order valence-corrected chi connectivity index (χ2v) is 5.20. The van der Waals surface area contributed by atoms with Gasteiger partial charge in [0.15, 0.2) is 0 Å². The van der Waals surface area contributed by atoms with Crippen LogP contribution in [-0.2, 0) is 0 Å². The number of aliphatic hydroxyl groups is 1. The maximum atomic E-state index is 9.58. The Labute approximate surface area is 95.7 Å². The summed E-state index contributed by atoms with van der Waals surface area (Å²) in [5.41, 5.74) is -0.588. The van der Waals surface area contributed by atoms with E-state index in [9.17, 15) is 5.11 Å². The second-order valence-electron chi connectivity index (χ2n) is 4.06. The summed E-state index contributed by atoms with van der Waals surface area (Å²) < 4.78 is 5.24. The molecule has 0 aliphatic heterocycles. The standard InChI is InChI=1S/C12H18O2S/c1-12(2,13)8-9-15-11-7-5-4-6-10(11)14-3/h4-7,13H,8-9H2,1-3H3. The SMILES string of the molecule is COc1ccccc1SCCC(C)(C)O. The zero-order valence-electron chi connectivity index (χ0n) is 9.49. The maximum absolute atomic E-state index is 9.58. The molecule has 1 aromatic carbocycles. The predicted octanol–water partition coefficient (Wildman–Crippen LogP) is 2.95. The first-order valence-corrected chi connectivity index (χ1v) is 6.00. The van der Waals surface area contributed by atoms with Crippen molar-refractivity contribution in [1.82, 2.24) is 0 Å². The highest BCUT2D eigenvalue weighted by atomic mass is 32.2. The third-order valence-electron chi connectivity index (χ3n) is 2.04. The van der Waals surface area contributed by atoms with Crippen molar-refractivity contribution in [2.75, 3.05) is 12.9 Å². The van der Waals surface area contributed by atoms with Gasteiger partial charge in [0.2, 0.25) is 0 Å². The summed E-state index contributed by atoms with van der Waals surface area (Å²) in [6, 6.07) is 7.94. The van der Waals surface area contributed by atoms with Gasteiger partial charge in [-0.15, -0.1) is 11.8 Å². The molecule has 0 spiro atoms. The van der Waals surface area contributed by atoms with E-state index in [0.29, 0.717) is 0 Å². The lowest BCUT2D eigenvalue weighted by atomic mass is 10.1. The molecule has 0 aromatic heterocycles. The first-order valence-electron chi connectivity index (χ1n) is 5.01. The summed E-state index contributed by atoms with van der Waals surface area (Å²) in [7, 11) is 1.68. The van der Waals surface area contributed by atoms with E-state index in [2.05, 4.69) is 0 Å². The van der Waals surface area contributed by atoms with Crippen LogP contribution in [0.15, 0.2) is 29.2 Å². The number of methoxy groups -OCH3 is 1. The monoisotopic (exact) mass is 226 g/mol. The summed E-state index contributed by atoms with van der Waals surface area (Å²) in [5, 5.41) is 9.58. The van der Waals surface area contributed by atoms with E-state index in [0.717, 1.165) is 22.8 Å². The average molecular weight is 226 g/mol. The Kier molecular flexibility index (Phi) is 4.48. The molecule has 0 amide bonds. The average Bonchev–Trinajstić information content (AvgIpc) is 2.16. The van der Waals surface area contributed by atoms with Crippen molar-refractivity contribution >= 4 is 11.8 Å². The van der Waals surface area contributed by atoms with Gasteiger partial charge in [-0.1, -0.05) is 12.1 Å². The maximum Gasteiger partial charge on any atom is 0.132 e. The molecule has 0 heterocycles. The van der Waals surface area contributed by atoms with Gasteiger partial charge >= 0.3 is 0 Å². The zero-order chi connectivity index (χ0) is 11.3. The number of benzene rings is 1. The van der Waals surface area contributed by atoms with Gasteiger partial charge in [0.05, 0.1) is 12.7 Å². The van der Waals surface area contributed by atoms with Gasteiger partial charge in [0.1, 0.15) is 5.75 Å². The van der Waals surface area contributed by atoms with Gasteiger partial charge in [0.25, 0.3) is 0 Å². The summed E-state index contributed by atoms with van der Waals surface area (Å²) >= 11 is 1.71. The van der Waals surface area contributed by atoms with Crippen molar-refractivity contribution in [2.45, 2.75) is 30.8 Å². The molecule has 0 unspecified atom stereocenters. The van der Waals surface area contributed by atoms with Crippen LogP contribution in [0.5, 0.6) is 5.75 Å². The van der Waals surface area contributed by atoms with Crippen LogP contribution in [0.25, 0.3) is 0 Å². The molecule has 0 aliphatic carbocycles. The first-order chi connectivity index (χ1) is 7.03. The minimum Gasteiger partial charge on any atom is -0.496 e. The summed E-state index contributed by atoms with van der Waals surface area (Å²) in [4.78, 5) is 1.13. The minimum absolute atomic E-state index is 0.588. The highest BCUT2D eigenvalue weighted by Crippen LogP contribution is 2.30. The van der Waals surface area contributed by atoms with E-state index in [1.165, 1.54) is 0 Å². The molecule has 0 aliphatic rings. The minimum atomic E-state index is -0.588. The molecule has 0 atom stereocenters. The van der Waals surface area contributed by atoms with Crippen LogP contribution < -0.4 is 4.74 Å². The molecular formula is C12H18O2S. The Hall–Kier alpha value is -0.670. The quantitative estimate of drug-likeness (QED) is 0.783. The molecule has 1 N–H and O–H groups in total. The Bertz CT molecular complexity index is 305. The van der Waals surface area contributed by atoms with Crippen molar-refractivity contribution < 1.29 is 9.84 Å². The van der Waals surface area contributed by atoms with Crippen LogP contribution in [0.1, 0.15) is 20.3 Å². The van der Waals surface area contributed by atoms with Crippen molar-refractivity contribution in [1.29, 1.82) is 0 Å². The van der Waals surface area contributed by atoms with Gasteiger partial charge in [-0.3, -0.25) is 0 Å². The molecule has 0 bridgehead atoms. The van der Waals surface area contributed by atoms with Gasteiger partial charge in [-0.05, 0) is 32.4 Å². The fourth-order valence-electron chi connectivity index (χ4n) is 1.15. The molecule has 2 nitrogen and oxygen atoms in total. The third-order valence-corrected chi connectivity index (χ3v) is 3.10. The van der Waals surface area contributed by atoms with E-state index in [4.69, 9.17) is 4.74 Å². The lowest BCUT2D eigenvalue weighted by molar-refractivity contribution is 0.0777. The van der Waals surface area contributed by atoms with Gasteiger partial charge in [-0.2, -0.15) is 0 Å². The van der Waals surface area contributed by atoms with E-state index in [-0.39, 0.29) is 0 Å². The van der Waals surface area contributed by atoms with Crippen LogP contribution >= 0.6 is 11.8 Å². The topological polar surface area (TPSA) is 29.5 Å². The van der Waals surface area contributed by atoms with Crippen LogP contribution in [0.4, 0.5) is 0 Å². The van der Waals surface area contributed by atoms with Gasteiger partial charge < -0.3 is 9.84 Å². The molecule has 1 aromatic rings. The number of thioether (sulfide) groups is 1. The summed E-state index contributed by atoms with van der Waals surface area (Å²) in [5.74, 6) is 1.79. The summed E-state index contributed by atoms with van der Waals surface area (Å²) in [6.45, 7) is 3.66. The van der Waals surface area contributed by atoms with Gasteiger partial charge in [0, 0.05) is 10.6 Å². The number of hydrogen-bond acceptors (Lipinski definition) is 3. The number of hydrogen-bond donors (Lipinski definition) is 1. The fourth-order valence-corrected chi connectivity index (χ4v) is 2.44. The number of ether oxygens (including phenoxy) is 1. The summed E-state index contributed by atoms with van der Waals surface area (Å²) in [6.07, 6.45) is 0.774. The Morgan fingerprint density at radius 3 is 2.60 bits per heavy atom. The zero-order valence-corrected chi connectivity index (χ0v) is 10.3. The second kappa shape index (κ2) is 5.42. The van der Waals surface area contributed by atoms with Crippen LogP contribution in [0.3, 0.4) is 0 Å². The highest BCUT2D eigenvalue weighted by molar-refractivity contribution is 7.99. The molecule has 84 valence electrons. The van der Waals surface area contributed by atoms with Crippen molar-refractivity contribution in [3.05, 3.63) is 24.3 Å². The molecule has 3 heteroatoms. The lowest BCUT2D eigenvalue weighted by Gasteiger charge is -2.16. The fraction of sp³-hybridized carbons (Fsp3) is 0.500. The van der Waals surface area contributed by atoms with E-state index in [1.54, 1.807) is 18.9 Å². The van der Waals surface area contributed by atoms with E-state index >= 15 is 0 Å². The van der Waals surface area contributed by atoms with Crippen molar-refractivity contribution in [2.24, 2.45) is 0 Å². The lowest BCUT2D eigenvalue weighted by Crippen LogP contribution is -2.19. The van der Waals surface area contributed by atoms with E-state index in [1.807, 2.05) is 38.1 Å². The van der Waals surface area contributed by atoms with Crippen LogP contribution in [0, 0.1) is 0 Å². The molecule has 0 radical (unpaired) electrons. The van der Waals surface area contributed by atoms with Crippen molar-refractivity contribution in [3.63, 3.8) is 0 Å². The number of rotatable bonds is 5. The third kappa shape index (κ3) is 4.58. The highest BCUT2D eigenvalue weighted by Gasteiger charge is 2.12. The predicted molar refractivity (Wildman–Crippen MR) is 64.6 cm³/mol. The van der Waals surface area contributed by atoms with Crippen molar-refractivity contribution in [3.8, 4) is 5.75 Å².